The average Bonchev–Trinajstić information content (AvgIpc) is 2.35. The van der Waals surface area contributed by atoms with E-state index in [4.69, 9.17) is 10.5 Å². The van der Waals surface area contributed by atoms with Crippen LogP contribution in [0.3, 0.4) is 0 Å². The summed E-state index contributed by atoms with van der Waals surface area (Å²) in [6.07, 6.45) is 0.685. The molecule has 110 valence electrons. The molecule has 0 unspecified atom stereocenters. The van der Waals surface area contributed by atoms with E-state index in [2.05, 4.69) is 13.8 Å². The summed E-state index contributed by atoms with van der Waals surface area (Å²) in [7, 11) is 1.41. The van der Waals surface area contributed by atoms with E-state index in [-0.39, 0.29) is 18.2 Å². The van der Waals surface area contributed by atoms with E-state index in [0.717, 1.165) is 6.42 Å². The van der Waals surface area contributed by atoms with Crippen molar-refractivity contribution in [2.24, 2.45) is 11.7 Å². The fourth-order valence-electron chi connectivity index (χ4n) is 1.83. The van der Waals surface area contributed by atoms with Gasteiger partial charge in [-0.2, -0.15) is 0 Å². The minimum atomic E-state index is -0.742. The van der Waals surface area contributed by atoms with Gasteiger partial charge in [-0.05, 0) is 24.8 Å². The predicted molar refractivity (Wildman–Crippen MR) is 77.2 cm³/mol. The van der Waals surface area contributed by atoms with E-state index in [1.54, 1.807) is 12.1 Å². The Balaban J connectivity index is 0.00000324. The van der Waals surface area contributed by atoms with Crippen LogP contribution < -0.4 is 10.5 Å². The largest absolute Gasteiger partial charge is 0.494 e. The molecule has 0 saturated carbocycles. The Hall–Kier alpha value is -0.840. The Morgan fingerprint density at radius 2 is 1.95 bits per heavy atom. The maximum absolute atomic E-state index is 14.0. The smallest absolute Gasteiger partial charge is 0.169 e. The monoisotopic (exact) mass is 291 g/mol. The van der Waals surface area contributed by atoms with Crippen molar-refractivity contribution in [3.8, 4) is 5.75 Å². The van der Waals surface area contributed by atoms with Gasteiger partial charge in [-0.1, -0.05) is 26.0 Å². The van der Waals surface area contributed by atoms with Crippen molar-refractivity contribution in [2.45, 2.75) is 38.8 Å². The fourth-order valence-corrected chi connectivity index (χ4v) is 1.83. The van der Waals surface area contributed by atoms with Gasteiger partial charge in [0, 0.05) is 5.56 Å². The van der Waals surface area contributed by atoms with E-state index in [9.17, 15) is 9.50 Å². The molecule has 0 aromatic heterocycles. The molecule has 2 atom stereocenters. The Morgan fingerprint density at radius 1 is 1.32 bits per heavy atom. The van der Waals surface area contributed by atoms with Crippen molar-refractivity contribution in [2.75, 3.05) is 7.11 Å². The van der Waals surface area contributed by atoms with Crippen molar-refractivity contribution in [3.05, 3.63) is 29.6 Å². The zero-order chi connectivity index (χ0) is 13.7. The van der Waals surface area contributed by atoms with Crippen molar-refractivity contribution in [3.63, 3.8) is 0 Å². The lowest BCUT2D eigenvalue weighted by Gasteiger charge is -2.21. The quantitative estimate of drug-likeness (QED) is 0.847. The molecule has 3 nitrogen and oxygen atoms in total. The van der Waals surface area contributed by atoms with Crippen LogP contribution in [-0.2, 0) is 0 Å². The van der Waals surface area contributed by atoms with Crippen LogP contribution >= 0.6 is 12.4 Å². The third kappa shape index (κ3) is 4.97. The molecule has 1 aromatic carbocycles. The molecule has 1 aromatic rings. The van der Waals surface area contributed by atoms with Crippen LogP contribution in [0, 0.1) is 11.7 Å². The third-order valence-corrected chi connectivity index (χ3v) is 3.03. The van der Waals surface area contributed by atoms with Crippen molar-refractivity contribution in [1.29, 1.82) is 0 Å². The molecule has 0 bridgehead atoms. The number of methoxy groups -OCH3 is 1. The molecular formula is C14H23ClFNO2. The first-order valence-electron chi connectivity index (χ1n) is 6.23. The molecule has 5 heteroatoms. The Kier molecular flexibility index (Phi) is 7.99. The van der Waals surface area contributed by atoms with Gasteiger partial charge in [0.2, 0.25) is 0 Å². The molecule has 0 spiro atoms. The second-order valence-electron chi connectivity index (χ2n) is 4.93. The van der Waals surface area contributed by atoms with Crippen molar-refractivity contribution >= 4 is 12.4 Å². The average molecular weight is 292 g/mol. The second kappa shape index (κ2) is 8.35. The summed E-state index contributed by atoms with van der Waals surface area (Å²) in [4.78, 5) is 0. The molecule has 0 aliphatic heterocycles. The minimum absolute atomic E-state index is 0. The molecular weight excluding hydrogens is 269 g/mol. The maximum atomic E-state index is 14.0. The number of aliphatic hydroxyl groups excluding tert-OH is 1. The standard InChI is InChI=1S/C14H22FNO2.ClH/c1-9(2)7-8-11(17)14(16)10-5-4-6-12(18-3)13(10)15;/h4-6,9,11,14,17H,7-8,16H2,1-3H3;1H/t11-,14+;/m0./s1. The van der Waals surface area contributed by atoms with Crippen LogP contribution in [0.1, 0.15) is 38.3 Å². The van der Waals surface area contributed by atoms with E-state index in [0.29, 0.717) is 17.9 Å². The topological polar surface area (TPSA) is 55.5 Å². The number of ether oxygens (including phenoxy) is 1. The van der Waals surface area contributed by atoms with Crippen LogP contribution in [0.2, 0.25) is 0 Å². The molecule has 0 saturated heterocycles. The molecule has 19 heavy (non-hydrogen) atoms. The Morgan fingerprint density at radius 3 is 2.47 bits per heavy atom. The molecule has 0 radical (unpaired) electrons. The van der Waals surface area contributed by atoms with Gasteiger partial charge in [0.25, 0.3) is 0 Å². The van der Waals surface area contributed by atoms with E-state index < -0.39 is 18.0 Å². The minimum Gasteiger partial charge on any atom is -0.494 e. The highest BCUT2D eigenvalue weighted by Gasteiger charge is 2.21. The molecule has 0 aliphatic carbocycles. The Bertz CT molecular complexity index is 388. The van der Waals surface area contributed by atoms with Gasteiger partial charge in [-0.3, -0.25) is 0 Å². The number of nitrogens with two attached hydrogens (primary N) is 1. The number of benzene rings is 1. The van der Waals surface area contributed by atoms with Crippen LogP contribution in [0.4, 0.5) is 4.39 Å². The van der Waals surface area contributed by atoms with Crippen LogP contribution in [0.15, 0.2) is 18.2 Å². The first-order chi connectivity index (χ1) is 8.47. The van der Waals surface area contributed by atoms with Gasteiger partial charge >= 0.3 is 0 Å². The molecule has 3 N–H and O–H groups in total. The maximum Gasteiger partial charge on any atom is 0.169 e. The van der Waals surface area contributed by atoms with Gasteiger partial charge in [-0.25, -0.2) is 4.39 Å². The van der Waals surface area contributed by atoms with Gasteiger partial charge in [0.05, 0.1) is 19.3 Å². The fraction of sp³-hybridized carbons (Fsp3) is 0.571. The van der Waals surface area contributed by atoms with Crippen LogP contribution in [0.5, 0.6) is 5.75 Å². The summed E-state index contributed by atoms with van der Waals surface area (Å²) in [5, 5.41) is 9.98. The first kappa shape index (κ1) is 18.2. The number of aliphatic hydroxyl groups is 1. The Labute approximate surface area is 120 Å². The SMILES string of the molecule is COc1cccc([C@@H](N)[C@@H](O)CCC(C)C)c1F.Cl. The summed E-state index contributed by atoms with van der Waals surface area (Å²) >= 11 is 0. The third-order valence-electron chi connectivity index (χ3n) is 3.03. The summed E-state index contributed by atoms with van der Waals surface area (Å²) in [6, 6.07) is 4.07. The number of rotatable bonds is 6. The molecule has 0 amide bonds. The van der Waals surface area contributed by atoms with Crippen molar-refractivity contribution in [1.82, 2.24) is 0 Å². The predicted octanol–water partition coefficient (Wildman–Crippen LogP) is 3.05. The summed E-state index contributed by atoms with van der Waals surface area (Å²) in [6.45, 7) is 4.15. The summed E-state index contributed by atoms with van der Waals surface area (Å²) in [5.74, 6) is 0.150. The zero-order valence-corrected chi connectivity index (χ0v) is 12.4. The highest BCUT2D eigenvalue weighted by atomic mass is 35.5. The molecule has 0 heterocycles. The van der Waals surface area contributed by atoms with Crippen LogP contribution in [-0.4, -0.2) is 18.3 Å². The van der Waals surface area contributed by atoms with Gasteiger partial charge in [-0.15, -0.1) is 12.4 Å². The molecule has 0 aliphatic rings. The highest BCUT2D eigenvalue weighted by Crippen LogP contribution is 2.27. The zero-order valence-electron chi connectivity index (χ0n) is 11.6. The molecule has 0 fully saturated rings. The summed E-state index contributed by atoms with van der Waals surface area (Å²) < 4.78 is 18.9. The van der Waals surface area contributed by atoms with Gasteiger partial charge in [0.15, 0.2) is 11.6 Å². The van der Waals surface area contributed by atoms with Crippen LogP contribution in [0.25, 0.3) is 0 Å². The lowest BCUT2D eigenvalue weighted by molar-refractivity contribution is 0.126. The van der Waals surface area contributed by atoms with Gasteiger partial charge < -0.3 is 15.6 Å². The highest BCUT2D eigenvalue weighted by molar-refractivity contribution is 5.85. The van der Waals surface area contributed by atoms with E-state index >= 15 is 0 Å². The van der Waals surface area contributed by atoms with Gasteiger partial charge in [0.1, 0.15) is 0 Å². The number of halogens is 2. The number of hydrogen-bond donors (Lipinski definition) is 2. The van der Waals surface area contributed by atoms with E-state index in [1.165, 1.54) is 13.2 Å². The van der Waals surface area contributed by atoms with E-state index in [1.807, 2.05) is 0 Å². The first-order valence-corrected chi connectivity index (χ1v) is 6.23. The normalized spacial score (nSPS) is 13.8. The lowest BCUT2D eigenvalue weighted by atomic mass is 9.95. The summed E-state index contributed by atoms with van der Waals surface area (Å²) in [5.41, 5.74) is 6.20. The lowest BCUT2D eigenvalue weighted by Crippen LogP contribution is -2.27. The number of hydrogen-bond acceptors (Lipinski definition) is 3. The second-order valence-corrected chi connectivity index (χ2v) is 4.93. The van der Waals surface area contributed by atoms with Crippen molar-refractivity contribution < 1.29 is 14.2 Å². The molecule has 1 rings (SSSR count).